The maximum Gasteiger partial charge on any atom is 0.315 e. The molecule has 4 amide bonds. The summed E-state index contributed by atoms with van der Waals surface area (Å²) in [6.07, 6.45) is 1.53. The molecule has 0 saturated carbocycles. The predicted octanol–water partition coefficient (Wildman–Crippen LogP) is 1.53. The molecule has 0 fully saturated rings. The molecule has 8 nitrogen and oxygen atoms in total. The molecule has 0 radical (unpaired) electrons. The molecular formula is C19H24N4O4. The van der Waals surface area contributed by atoms with E-state index in [9.17, 15) is 14.4 Å². The van der Waals surface area contributed by atoms with Crippen molar-refractivity contribution in [3.05, 3.63) is 59.5 Å². The van der Waals surface area contributed by atoms with Crippen LogP contribution in [0.2, 0.25) is 0 Å². The lowest BCUT2D eigenvalue weighted by Gasteiger charge is -2.10. The van der Waals surface area contributed by atoms with Gasteiger partial charge in [0, 0.05) is 18.2 Å². The molecule has 0 aliphatic heterocycles. The van der Waals surface area contributed by atoms with Crippen LogP contribution >= 0.6 is 0 Å². The number of hydrogen-bond acceptors (Lipinski definition) is 4. The lowest BCUT2D eigenvalue weighted by molar-refractivity contribution is -0.120. The first-order valence-electron chi connectivity index (χ1n) is 8.64. The first-order valence-corrected chi connectivity index (χ1v) is 8.64. The fourth-order valence-electron chi connectivity index (χ4n) is 2.19. The van der Waals surface area contributed by atoms with E-state index in [-0.39, 0.29) is 37.0 Å². The van der Waals surface area contributed by atoms with Crippen LogP contribution < -0.4 is 21.3 Å². The highest BCUT2D eigenvalue weighted by molar-refractivity contribution is 5.96. The molecule has 0 saturated heterocycles. The number of hydrogen-bond donors (Lipinski definition) is 4. The number of carbonyl (C=O) groups is 3. The summed E-state index contributed by atoms with van der Waals surface area (Å²) in [4.78, 5) is 35.4. The molecule has 1 aromatic heterocycles. The van der Waals surface area contributed by atoms with Gasteiger partial charge in [-0.3, -0.25) is 9.59 Å². The van der Waals surface area contributed by atoms with E-state index in [1.807, 2.05) is 13.8 Å². The van der Waals surface area contributed by atoms with Gasteiger partial charge in [-0.15, -0.1) is 0 Å². The Hall–Kier alpha value is -3.29. The summed E-state index contributed by atoms with van der Waals surface area (Å²) in [7, 11) is 0. The average molecular weight is 372 g/mol. The molecule has 1 heterocycles. The molecule has 144 valence electrons. The summed E-state index contributed by atoms with van der Waals surface area (Å²) in [6.45, 7) is 4.26. The number of rotatable bonds is 8. The average Bonchev–Trinajstić information content (AvgIpc) is 3.16. The van der Waals surface area contributed by atoms with E-state index in [0.29, 0.717) is 17.9 Å². The molecule has 0 spiro atoms. The molecule has 27 heavy (non-hydrogen) atoms. The van der Waals surface area contributed by atoms with Crippen molar-refractivity contribution in [2.45, 2.75) is 33.0 Å². The zero-order valence-corrected chi connectivity index (χ0v) is 15.4. The van der Waals surface area contributed by atoms with E-state index in [2.05, 4.69) is 21.3 Å². The van der Waals surface area contributed by atoms with Crippen LogP contribution in [0.15, 0.2) is 47.1 Å². The summed E-state index contributed by atoms with van der Waals surface area (Å²) in [5.74, 6) is -0.0158. The van der Waals surface area contributed by atoms with E-state index < -0.39 is 0 Å². The van der Waals surface area contributed by atoms with Crippen molar-refractivity contribution in [3.63, 3.8) is 0 Å². The van der Waals surface area contributed by atoms with Gasteiger partial charge in [-0.25, -0.2) is 4.79 Å². The fourth-order valence-corrected chi connectivity index (χ4v) is 2.19. The Morgan fingerprint density at radius 1 is 0.963 bits per heavy atom. The highest BCUT2D eigenvalue weighted by Gasteiger charge is 2.09. The second kappa shape index (κ2) is 10.0. The van der Waals surface area contributed by atoms with Crippen molar-refractivity contribution in [3.8, 4) is 0 Å². The first kappa shape index (κ1) is 20.0. The van der Waals surface area contributed by atoms with Gasteiger partial charge in [-0.05, 0) is 43.7 Å². The molecule has 0 bridgehead atoms. The van der Waals surface area contributed by atoms with Gasteiger partial charge in [0.25, 0.3) is 5.91 Å². The van der Waals surface area contributed by atoms with E-state index in [1.54, 1.807) is 36.4 Å². The summed E-state index contributed by atoms with van der Waals surface area (Å²) >= 11 is 0. The topological polar surface area (TPSA) is 112 Å². The van der Waals surface area contributed by atoms with Gasteiger partial charge in [0.2, 0.25) is 5.91 Å². The van der Waals surface area contributed by atoms with Crippen LogP contribution in [0.3, 0.4) is 0 Å². The van der Waals surface area contributed by atoms with Crippen molar-refractivity contribution in [1.29, 1.82) is 0 Å². The summed E-state index contributed by atoms with van der Waals surface area (Å²) in [6, 6.07) is 10.1. The SMILES string of the molecule is CC(C)NC(=O)NCc1ccc(C(=O)NCC(=O)NCc2ccco2)cc1. The highest BCUT2D eigenvalue weighted by atomic mass is 16.3. The van der Waals surface area contributed by atoms with Crippen molar-refractivity contribution in [2.75, 3.05) is 6.54 Å². The third-order valence-electron chi connectivity index (χ3n) is 3.54. The number of furan rings is 1. The monoisotopic (exact) mass is 372 g/mol. The lowest BCUT2D eigenvalue weighted by atomic mass is 10.1. The fraction of sp³-hybridized carbons (Fsp3) is 0.316. The lowest BCUT2D eigenvalue weighted by Crippen LogP contribution is -2.39. The third kappa shape index (κ3) is 7.23. The number of amides is 4. The Bertz CT molecular complexity index is 755. The summed E-state index contributed by atoms with van der Waals surface area (Å²) in [5.41, 5.74) is 1.30. The van der Waals surface area contributed by atoms with Crippen molar-refractivity contribution < 1.29 is 18.8 Å². The van der Waals surface area contributed by atoms with Crippen LogP contribution in [0.1, 0.15) is 35.5 Å². The number of carbonyl (C=O) groups excluding carboxylic acids is 3. The first-order chi connectivity index (χ1) is 12.9. The number of nitrogens with one attached hydrogen (secondary N) is 4. The van der Waals surface area contributed by atoms with Crippen LogP contribution in [-0.4, -0.2) is 30.4 Å². The second-order valence-corrected chi connectivity index (χ2v) is 6.22. The molecule has 2 rings (SSSR count). The summed E-state index contributed by atoms with van der Waals surface area (Å²) in [5, 5.41) is 10.7. The maximum absolute atomic E-state index is 12.1. The van der Waals surface area contributed by atoms with Crippen LogP contribution in [-0.2, 0) is 17.9 Å². The Labute approximate surface area is 157 Å². The van der Waals surface area contributed by atoms with Gasteiger partial charge in [0.05, 0.1) is 19.4 Å². The van der Waals surface area contributed by atoms with Gasteiger partial charge in [-0.1, -0.05) is 12.1 Å². The molecule has 0 unspecified atom stereocenters. The molecule has 1 aromatic carbocycles. The Kier molecular flexibility index (Phi) is 7.42. The largest absolute Gasteiger partial charge is 0.467 e. The van der Waals surface area contributed by atoms with Gasteiger partial charge < -0.3 is 25.7 Å². The minimum Gasteiger partial charge on any atom is -0.467 e. The van der Waals surface area contributed by atoms with Gasteiger partial charge in [-0.2, -0.15) is 0 Å². The highest BCUT2D eigenvalue weighted by Crippen LogP contribution is 2.04. The van der Waals surface area contributed by atoms with Crippen molar-refractivity contribution >= 4 is 17.8 Å². The molecule has 4 N–H and O–H groups in total. The smallest absolute Gasteiger partial charge is 0.315 e. The summed E-state index contributed by atoms with van der Waals surface area (Å²) < 4.78 is 5.11. The van der Waals surface area contributed by atoms with E-state index in [1.165, 1.54) is 6.26 Å². The maximum atomic E-state index is 12.1. The third-order valence-corrected chi connectivity index (χ3v) is 3.54. The zero-order chi connectivity index (χ0) is 19.6. The molecule has 2 aromatic rings. The van der Waals surface area contributed by atoms with Crippen LogP contribution in [0.25, 0.3) is 0 Å². The van der Waals surface area contributed by atoms with Gasteiger partial charge >= 0.3 is 6.03 Å². The number of urea groups is 1. The van der Waals surface area contributed by atoms with E-state index >= 15 is 0 Å². The number of benzene rings is 1. The molecule has 0 aliphatic carbocycles. The van der Waals surface area contributed by atoms with Gasteiger partial charge in [0.1, 0.15) is 5.76 Å². The Balaban J connectivity index is 1.72. The Morgan fingerprint density at radius 2 is 1.70 bits per heavy atom. The molecular weight excluding hydrogens is 348 g/mol. The van der Waals surface area contributed by atoms with Crippen molar-refractivity contribution in [1.82, 2.24) is 21.3 Å². The molecule has 0 aliphatic rings. The van der Waals surface area contributed by atoms with Crippen LogP contribution in [0, 0.1) is 0 Å². The minimum absolute atomic E-state index is 0.0624. The quantitative estimate of drug-likeness (QED) is 0.563. The van der Waals surface area contributed by atoms with Crippen molar-refractivity contribution in [2.24, 2.45) is 0 Å². The standard InChI is InChI=1S/C19H24N4O4/c1-13(2)23-19(26)22-10-14-5-7-15(8-6-14)18(25)21-12-17(24)20-11-16-4-3-9-27-16/h3-9,13H,10-12H2,1-2H3,(H,20,24)(H,21,25)(H2,22,23,26). The normalized spacial score (nSPS) is 10.3. The zero-order valence-electron chi connectivity index (χ0n) is 15.4. The van der Waals surface area contributed by atoms with E-state index in [0.717, 1.165) is 5.56 Å². The van der Waals surface area contributed by atoms with E-state index in [4.69, 9.17) is 4.42 Å². The van der Waals surface area contributed by atoms with Gasteiger partial charge in [0.15, 0.2) is 0 Å². The Morgan fingerprint density at radius 3 is 2.33 bits per heavy atom. The van der Waals surface area contributed by atoms with Crippen LogP contribution in [0.5, 0.6) is 0 Å². The molecule has 8 heteroatoms. The predicted molar refractivity (Wildman–Crippen MR) is 99.8 cm³/mol. The van der Waals surface area contributed by atoms with Crippen LogP contribution in [0.4, 0.5) is 4.79 Å². The minimum atomic E-state index is -0.347. The molecule has 0 atom stereocenters. The second-order valence-electron chi connectivity index (χ2n) is 6.22.